The van der Waals surface area contributed by atoms with E-state index < -0.39 is 5.97 Å². The van der Waals surface area contributed by atoms with Gasteiger partial charge in [-0.3, -0.25) is 0 Å². The molecule has 9 heavy (non-hydrogen) atoms. The van der Waals surface area contributed by atoms with Crippen molar-refractivity contribution in [3.05, 3.63) is 11.2 Å². The number of rotatable bonds is 1. The Morgan fingerprint density at radius 2 is 2.67 bits per heavy atom. The van der Waals surface area contributed by atoms with E-state index in [0.29, 0.717) is 6.61 Å². The molecule has 0 amide bonds. The smallest absolute Gasteiger partial charge is 0.371 e. The van der Waals surface area contributed by atoms with E-state index >= 15 is 0 Å². The Morgan fingerprint density at radius 1 is 1.89 bits per heavy atom. The van der Waals surface area contributed by atoms with Gasteiger partial charge in [0, 0.05) is 11.2 Å². The number of carboxylic acids is 1. The van der Waals surface area contributed by atoms with E-state index in [1.54, 1.807) is 0 Å². The summed E-state index contributed by atoms with van der Waals surface area (Å²) in [6.45, 7) is 0.503. The Labute approximate surface area is 56.7 Å². The van der Waals surface area contributed by atoms with E-state index in [1.807, 2.05) is 0 Å². The highest BCUT2D eigenvalue weighted by Crippen LogP contribution is 2.14. The fourth-order valence-corrected chi connectivity index (χ4v) is 1.10. The first kappa shape index (κ1) is 6.48. The maximum Gasteiger partial charge on any atom is 0.371 e. The Kier molecular flexibility index (Phi) is 2.00. The number of aliphatic carboxylic acids is 1. The van der Waals surface area contributed by atoms with Gasteiger partial charge < -0.3 is 9.84 Å². The molecule has 0 saturated carbocycles. The van der Waals surface area contributed by atoms with Gasteiger partial charge in [0.05, 0.1) is 6.61 Å². The Bertz CT molecular complexity index is 152. The van der Waals surface area contributed by atoms with Crippen LogP contribution in [0.3, 0.4) is 0 Å². The van der Waals surface area contributed by atoms with Crippen LogP contribution in [0.25, 0.3) is 0 Å². The van der Waals surface area contributed by atoms with Gasteiger partial charge in [-0.2, -0.15) is 0 Å². The second kappa shape index (κ2) is 2.77. The molecule has 0 radical (unpaired) electrons. The van der Waals surface area contributed by atoms with Crippen LogP contribution >= 0.6 is 11.8 Å². The molecule has 1 N–H and O–H groups in total. The number of thioether (sulfide) groups is 1. The highest BCUT2D eigenvalue weighted by atomic mass is 32.2. The normalized spacial score (nSPS) is 18.0. The summed E-state index contributed by atoms with van der Waals surface area (Å²) in [5, 5.41) is 9.85. The van der Waals surface area contributed by atoms with E-state index in [4.69, 9.17) is 9.84 Å². The average molecular weight is 146 g/mol. The van der Waals surface area contributed by atoms with Crippen LogP contribution in [0, 0.1) is 0 Å². The minimum Gasteiger partial charge on any atom is -0.485 e. The van der Waals surface area contributed by atoms with E-state index in [-0.39, 0.29) is 5.76 Å². The molecule has 0 aromatic heterocycles. The van der Waals surface area contributed by atoms with Crippen LogP contribution in [0.5, 0.6) is 0 Å². The molecule has 1 rings (SSSR count). The van der Waals surface area contributed by atoms with E-state index in [0.717, 1.165) is 5.75 Å². The van der Waals surface area contributed by atoms with Gasteiger partial charge in [0.1, 0.15) is 0 Å². The van der Waals surface area contributed by atoms with Crippen molar-refractivity contribution in [1.29, 1.82) is 0 Å². The van der Waals surface area contributed by atoms with Gasteiger partial charge in [0.25, 0.3) is 0 Å². The van der Waals surface area contributed by atoms with Crippen LogP contribution in [0.2, 0.25) is 0 Å². The summed E-state index contributed by atoms with van der Waals surface area (Å²) < 4.78 is 4.78. The number of carbonyl (C=O) groups is 1. The molecule has 3 nitrogen and oxygen atoms in total. The molecule has 0 aromatic carbocycles. The van der Waals surface area contributed by atoms with Crippen molar-refractivity contribution in [3.8, 4) is 0 Å². The lowest BCUT2D eigenvalue weighted by molar-refractivity contribution is -0.136. The molecule has 0 saturated heterocycles. The molecule has 4 heteroatoms. The summed E-state index contributed by atoms with van der Waals surface area (Å²) >= 11 is 1.46. The molecule has 0 aliphatic carbocycles. The molecule has 50 valence electrons. The van der Waals surface area contributed by atoms with Gasteiger partial charge >= 0.3 is 5.97 Å². The van der Waals surface area contributed by atoms with Gasteiger partial charge in [-0.1, -0.05) is 0 Å². The molecular weight excluding hydrogens is 140 g/mol. The fraction of sp³-hybridized carbons (Fsp3) is 0.400. The van der Waals surface area contributed by atoms with Gasteiger partial charge in [-0.05, 0) is 0 Å². The molecule has 1 heterocycles. The summed E-state index contributed by atoms with van der Waals surface area (Å²) in [6, 6.07) is 0. The van der Waals surface area contributed by atoms with Crippen molar-refractivity contribution in [3.63, 3.8) is 0 Å². The lowest BCUT2D eigenvalue weighted by Gasteiger charge is -2.09. The first-order valence-electron chi connectivity index (χ1n) is 2.48. The summed E-state index contributed by atoms with van der Waals surface area (Å²) in [4.78, 5) is 10.1. The van der Waals surface area contributed by atoms with Crippen molar-refractivity contribution in [1.82, 2.24) is 0 Å². The number of hydrogen-bond donors (Lipinski definition) is 1. The third kappa shape index (κ3) is 1.64. The minimum absolute atomic E-state index is 0.0613. The van der Waals surface area contributed by atoms with Crippen LogP contribution in [0.4, 0.5) is 0 Å². The Morgan fingerprint density at radius 3 is 3.00 bits per heavy atom. The lowest BCUT2D eigenvalue weighted by atomic mass is 10.6. The summed E-state index contributed by atoms with van der Waals surface area (Å²) in [7, 11) is 0. The molecular formula is C5H6O3S. The summed E-state index contributed by atoms with van der Waals surface area (Å²) in [5.74, 6) is -0.0787. The van der Waals surface area contributed by atoms with Crippen molar-refractivity contribution in [2.24, 2.45) is 0 Å². The van der Waals surface area contributed by atoms with Crippen molar-refractivity contribution in [2.45, 2.75) is 0 Å². The van der Waals surface area contributed by atoms with E-state index in [9.17, 15) is 4.79 Å². The molecule has 0 spiro atoms. The van der Waals surface area contributed by atoms with Crippen molar-refractivity contribution in [2.75, 3.05) is 12.4 Å². The molecule has 1 aliphatic rings. The third-order valence-electron chi connectivity index (χ3n) is 0.860. The summed E-state index contributed by atoms with van der Waals surface area (Å²) in [5.41, 5.74) is 0. The zero-order valence-corrected chi connectivity index (χ0v) is 5.48. The number of hydrogen-bond acceptors (Lipinski definition) is 3. The van der Waals surface area contributed by atoms with Crippen LogP contribution in [-0.2, 0) is 9.53 Å². The third-order valence-corrected chi connectivity index (χ3v) is 1.64. The number of carboxylic acid groups (broad SMARTS) is 1. The van der Waals surface area contributed by atoms with Crippen LogP contribution in [0.1, 0.15) is 0 Å². The van der Waals surface area contributed by atoms with Gasteiger partial charge in [-0.25, -0.2) is 4.79 Å². The van der Waals surface area contributed by atoms with E-state index in [1.165, 1.54) is 17.2 Å². The Hall–Kier alpha value is -0.640. The van der Waals surface area contributed by atoms with Crippen LogP contribution < -0.4 is 0 Å². The quantitative estimate of drug-likeness (QED) is 0.590. The van der Waals surface area contributed by atoms with Gasteiger partial charge in [-0.15, -0.1) is 11.8 Å². The molecule has 0 unspecified atom stereocenters. The van der Waals surface area contributed by atoms with Crippen molar-refractivity contribution < 1.29 is 14.6 Å². The van der Waals surface area contributed by atoms with E-state index in [2.05, 4.69) is 0 Å². The monoisotopic (exact) mass is 146 g/mol. The van der Waals surface area contributed by atoms with Crippen molar-refractivity contribution >= 4 is 17.7 Å². The fourth-order valence-electron chi connectivity index (χ4n) is 0.481. The first-order chi connectivity index (χ1) is 4.30. The Balaban J connectivity index is 2.57. The second-order valence-electron chi connectivity index (χ2n) is 1.51. The molecule has 0 atom stereocenters. The maximum atomic E-state index is 10.1. The standard InChI is InChI=1S/C5H6O3S/c6-5(7)4-3-9-2-1-8-4/h3H,1-2H2,(H,6,7). The van der Waals surface area contributed by atoms with Gasteiger partial charge in [0.15, 0.2) is 0 Å². The predicted octanol–water partition coefficient (Wildman–Crippen LogP) is 0.676. The maximum absolute atomic E-state index is 10.1. The topological polar surface area (TPSA) is 46.5 Å². The molecule has 0 bridgehead atoms. The van der Waals surface area contributed by atoms with Crippen LogP contribution in [-0.4, -0.2) is 23.4 Å². The molecule has 0 fully saturated rings. The lowest BCUT2D eigenvalue weighted by Crippen LogP contribution is -2.09. The first-order valence-corrected chi connectivity index (χ1v) is 3.53. The van der Waals surface area contributed by atoms with Gasteiger partial charge in [0.2, 0.25) is 5.76 Å². The SMILES string of the molecule is O=C(O)C1=CSCCO1. The molecule has 1 aliphatic heterocycles. The minimum atomic E-state index is -0.984. The average Bonchev–Trinajstić information content (AvgIpc) is 1.90. The largest absolute Gasteiger partial charge is 0.485 e. The number of ether oxygens (including phenoxy) is 1. The zero-order valence-electron chi connectivity index (χ0n) is 4.66. The highest BCUT2D eigenvalue weighted by molar-refractivity contribution is 8.02. The van der Waals surface area contributed by atoms with Crippen LogP contribution in [0.15, 0.2) is 11.2 Å². The predicted molar refractivity (Wildman–Crippen MR) is 34.1 cm³/mol. The highest BCUT2D eigenvalue weighted by Gasteiger charge is 2.10. The molecule has 0 aromatic rings. The second-order valence-corrected chi connectivity index (χ2v) is 2.48. The summed E-state index contributed by atoms with van der Waals surface area (Å²) in [6.07, 6.45) is 0. The zero-order chi connectivity index (χ0) is 6.69.